The minimum atomic E-state index is -6.00. The number of likely N-dealkylation sites (N-methyl/N-ethyl adjacent to an activating group) is 1. The normalized spacial score (nSPS) is 23.8. The van der Waals surface area contributed by atoms with Crippen LogP contribution in [-0.4, -0.2) is 60.9 Å². The topological polar surface area (TPSA) is 46.6 Å². The van der Waals surface area contributed by atoms with Gasteiger partial charge in [-0.2, -0.15) is 22.0 Å². The number of ketones is 1. The molecule has 0 aliphatic carbocycles. The number of hydrogen-bond acceptors (Lipinski definition) is 3. The number of carbonyl (C=O) groups excluding carboxylic acids is 2. The Bertz CT molecular complexity index is 401. The van der Waals surface area contributed by atoms with Crippen LogP contribution in [0.25, 0.3) is 0 Å². The SMILES string of the molecule is CN(C(=O)C(F)(F)C(F)(F)F)C1COCC1C(=O)CCl. The Morgan fingerprint density at radius 1 is 1.25 bits per heavy atom. The van der Waals surface area contributed by atoms with Gasteiger partial charge in [0.25, 0.3) is 0 Å². The number of Topliss-reactive ketones (excluding diaryl/α,β-unsaturated/α-hetero) is 1. The zero-order valence-electron chi connectivity index (χ0n) is 10.2. The number of ether oxygens (including phenoxy) is 1. The Labute approximate surface area is 115 Å². The predicted molar refractivity (Wildman–Crippen MR) is 57.6 cm³/mol. The monoisotopic (exact) mass is 323 g/mol. The van der Waals surface area contributed by atoms with Gasteiger partial charge in [0, 0.05) is 7.05 Å². The number of halogens is 6. The number of amides is 1. The Hall–Kier alpha value is -0.960. The van der Waals surface area contributed by atoms with Gasteiger partial charge < -0.3 is 9.64 Å². The van der Waals surface area contributed by atoms with Crippen LogP contribution in [0.5, 0.6) is 0 Å². The molecule has 20 heavy (non-hydrogen) atoms. The third-order valence-electron chi connectivity index (χ3n) is 3.04. The molecular formula is C10H11ClF5NO3. The largest absolute Gasteiger partial charge is 0.463 e. The summed E-state index contributed by atoms with van der Waals surface area (Å²) in [6, 6.07) is -1.19. The average Bonchev–Trinajstić information content (AvgIpc) is 2.83. The van der Waals surface area contributed by atoms with E-state index in [1.807, 2.05) is 0 Å². The highest BCUT2D eigenvalue weighted by molar-refractivity contribution is 6.28. The Kier molecular flexibility index (Phi) is 4.96. The van der Waals surface area contributed by atoms with E-state index in [4.69, 9.17) is 16.3 Å². The lowest BCUT2D eigenvalue weighted by atomic mass is 9.98. The molecule has 116 valence electrons. The Morgan fingerprint density at radius 2 is 1.80 bits per heavy atom. The maximum absolute atomic E-state index is 13.0. The zero-order valence-corrected chi connectivity index (χ0v) is 11.0. The van der Waals surface area contributed by atoms with Crippen molar-refractivity contribution in [2.24, 2.45) is 5.92 Å². The van der Waals surface area contributed by atoms with Gasteiger partial charge in [0.05, 0.1) is 31.1 Å². The van der Waals surface area contributed by atoms with Gasteiger partial charge in [-0.05, 0) is 0 Å². The maximum Gasteiger partial charge on any atom is 0.463 e. The lowest BCUT2D eigenvalue weighted by molar-refractivity contribution is -0.274. The van der Waals surface area contributed by atoms with Crippen molar-refractivity contribution >= 4 is 23.3 Å². The number of carbonyl (C=O) groups is 2. The molecule has 1 aliphatic rings. The lowest BCUT2D eigenvalue weighted by Gasteiger charge is -2.30. The number of hydrogen-bond donors (Lipinski definition) is 0. The van der Waals surface area contributed by atoms with E-state index in [1.54, 1.807) is 0 Å². The molecule has 0 aromatic heterocycles. The van der Waals surface area contributed by atoms with Crippen molar-refractivity contribution in [3.05, 3.63) is 0 Å². The summed E-state index contributed by atoms with van der Waals surface area (Å²) >= 11 is 5.31. The first-order valence-corrected chi connectivity index (χ1v) is 5.95. The molecular weight excluding hydrogens is 313 g/mol. The lowest BCUT2D eigenvalue weighted by Crippen LogP contribution is -2.55. The molecule has 1 amide bonds. The van der Waals surface area contributed by atoms with Gasteiger partial charge >= 0.3 is 18.0 Å². The molecule has 1 aliphatic heterocycles. The van der Waals surface area contributed by atoms with Crippen molar-refractivity contribution in [2.75, 3.05) is 26.1 Å². The summed E-state index contributed by atoms with van der Waals surface area (Å²) < 4.78 is 67.2. The summed E-state index contributed by atoms with van der Waals surface area (Å²) in [6.07, 6.45) is -6.00. The molecule has 1 saturated heterocycles. The fraction of sp³-hybridized carbons (Fsp3) is 0.800. The van der Waals surface area contributed by atoms with Crippen LogP contribution in [0.3, 0.4) is 0 Å². The van der Waals surface area contributed by atoms with Crippen LogP contribution in [-0.2, 0) is 14.3 Å². The van der Waals surface area contributed by atoms with Gasteiger partial charge in [-0.1, -0.05) is 0 Å². The second kappa shape index (κ2) is 5.80. The van der Waals surface area contributed by atoms with E-state index >= 15 is 0 Å². The van der Waals surface area contributed by atoms with Crippen molar-refractivity contribution in [1.82, 2.24) is 4.90 Å². The summed E-state index contributed by atoms with van der Waals surface area (Å²) in [4.78, 5) is 23.0. The Balaban J connectivity index is 2.92. The fourth-order valence-electron chi connectivity index (χ4n) is 1.82. The van der Waals surface area contributed by atoms with Crippen molar-refractivity contribution < 1.29 is 36.3 Å². The van der Waals surface area contributed by atoms with Crippen molar-refractivity contribution in [1.29, 1.82) is 0 Å². The summed E-state index contributed by atoms with van der Waals surface area (Å²) in [5.74, 6) is -9.97. The first-order valence-electron chi connectivity index (χ1n) is 5.42. The molecule has 4 nitrogen and oxygen atoms in total. The van der Waals surface area contributed by atoms with Crippen LogP contribution in [0.15, 0.2) is 0 Å². The van der Waals surface area contributed by atoms with Crippen molar-refractivity contribution in [3.63, 3.8) is 0 Å². The molecule has 0 aromatic carbocycles. The van der Waals surface area contributed by atoms with E-state index in [0.717, 1.165) is 7.05 Å². The highest BCUT2D eigenvalue weighted by Crippen LogP contribution is 2.37. The molecule has 0 aromatic rings. The number of nitrogens with zero attached hydrogens (tertiary/aromatic N) is 1. The van der Waals surface area contributed by atoms with Crippen molar-refractivity contribution in [3.8, 4) is 0 Å². The van der Waals surface area contributed by atoms with Crippen LogP contribution in [0, 0.1) is 5.92 Å². The van der Waals surface area contributed by atoms with Crippen molar-refractivity contribution in [2.45, 2.75) is 18.1 Å². The molecule has 10 heteroatoms. The Morgan fingerprint density at radius 3 is 2.25 bits per heavy atom. The van der Waals surface area contributed by atoms with Crippen LogP contribution in [0.4, 0.5) is 22.0 Å². The van der Waals surface area contributed by atoms with Gasteiger partial charge in [-0.3, -0.25) is 9.59 Å². The van der Waals surface area contributed by atoms with Crippen LogP contribution in [0.1, 0.15) is 0 Å². The van der Waals surface area contributed by atoms with E-state index < -0.39 is 41.6 Å². The molecule has 0 N–H and O–H groups in total. The molecule has 0 bridgehead atoms. The highest BCUT2D eigenvalue weighted by Gasteiger charge is 2.65. The summed E-state index contributed by atoms with van der Waals surface area (Å²) in [5.41, 5.74) is 0. The van der Waals surface area contributed by atoms with Crippen LogP contribution >= 0.6 is 11.6 Å². The minimum absolute atomic E-state index is 0.175. The smallest absolute Gasteiger partial charge is 0.378 e. The third kappa shape index (κ3) is 3.03. The van der Waals surface area contributed by atoms with Gasteiger partial charge in [0.2, 0.25) is 0 Å². The molecule has 0 saturated carbocycles. The maximum atomic E-state index is 13.0. The standard InChI is InChI=1S/C10H11ClF5NO3/c1-17(8(19)9(12,13)10(14,15)16)6-4-20-3-5(6)7(18)2-11/h5-6H,2-4H2,1H3. The molecule has 1 rings (SSSR count). The molecule has 2 unspecified atom stereocenters. The summed E-state index contributed by atoms with van der Waals surface area (Å²) in [7, 11) is 0.774. The van der Waals surface area contributed by atoms with Gasteiger partial charge in [0.1, 0.15) is 0 Å². The molecule has 1 fully saturated rings. The van der Waals surface area contributed by atoms with Gasteiger partial charge in [0.15, 0.2) is 5.78 Å². The second-order valence-electron chi connectivity index (χ2n) is 4.30. The van der Waals surface area contributed by atoms with E-state index in [2.05, 4.69) is 0 Å². The van der Waals surface area contributed by atoms with Gasteiger partial charge in [-0.25, -0.2) is 0 Å². The summed E-state index contributed by atoms with van der Waals surface area (Å²) in [5, 5.41) is 0. The van der Waals surface area contributed by atoms with E-state index in [0.29, 0.717) is 0 Å². The first-order chi connectivity index (χ1) is 9.04. The average molecular weight is 324 g/mol. The molecule has 2 atom stereocenters. The number of alkyl halides is 6. The fourth-order valence-corrected chi connectivity index (χ4v) is 2.02. The van der Waals surface area contributed by atoms with Gasteiger partial charge in [-0.15, -0.1) is 11.6 Å². The quantitative estimate of drug-likeness (QED) is 0.581. The number of rotatable bonds is 4. The predicted octanol–water partition coefficient (Wildman–Crippen LogP) is 1.47. The minimum Gasteiger partial charge on any atom is -0.378 e. The molecule has 0 spiro atoms. The van der Waals surface area contributed by atoms with E-state index in [1.165, 1.54) is 0 Å². The van der Waals surface area contributed by atoms with Crippen LogP contribution in [0.2, 0.25) is 0 Å². The third-order valence-corrected chi connectivity index (χ3v) is 3.30. The van der Waals surface area contributed by atoms with Crippen LogP contribution < -0.4 is 0 Å². The zero-order chi connectivity index (χ0) is 15.7. The summed E-state index contributed by atoms with van der Waals surface area (Å²) in [6.45, 7) is -0.477. The highest BCUT2D eigenvalue weighted by atomic mass is 35.5. The first kappa shape index (κ1) is 17.1. The van der Waals surface area contributed by atoms with E-state index in [-0.39, 0.29) is 18.1 Å². The van der Waals surface area contributed by atoms with E-state index in [9.17, 15) is 31.5 Å². The second-order valence-corrected chi connectivity index (χ2v) is 4.57. The molecule has 1 heterocycles. The molecule has 0 radical (unpaired) electrons.